The zero-order valence-corrected chi connectivity index (χ0v) is 15.3. The number of nitrogens with one attached hydrogen (secondary N) is 1. The van der Waals surface area contributed by atoms with Crippen molar-refractivity contribution in [2.45, 2.75) is 26.8 Å². The van der Waals surface area contributed by atoms with Crippen LogP contribution in [0.2, 0.25) is 0 Å². The topological polar surface area (TPSA) is 51.2 Å². The summed E-state index contributed by atoms with van der Waals surface area (Å²) in [5.41, 5.74) is 4.39. The first-order valence-corrected chi connectivity index (χ1v) is 9.33. The lowest BCUT2D eigenvalue weighted by molar-refractivity contribution is 0.0951. The number of thiazole rings is 1. The van der Waals surface area contributed by atoms with Gasteiger partial charge in [0.15, 0.2) is 0 Å². The van der Waals surface area contributed by atoms with Gasteiger partial charge in [-0.1, -0.05) is 26.0 Å². The predicted molar refractivity (Wildman–Crippen MR) is 102 cm³/mol. The normalized spacial score (nSPS) is 11.0. The van der Waals surface area contributed by atoms with Crippen LogP contribution in [0.1, 0.15) is 36.2 Å². The Morgan fingerprint density at radius 3 is 2.96 bits per heavy atom. The average molecular weight is 354 g/mol. The molecule has 130 valence electrons. The number of rotatable bonds is 7. The summed E-state index contributed by atoms with van der Waals surface area (Å²) in [4.78, 5) is 16.6. The molecule has 25 heavy (non-hydrogen) atoms. The molecule has 1 heterocycles. The van der Waals surface area contributed by atoms with Crippen molar-refractivity contribution in [1.29, 1.82) is 0 Å². The van der Waals surface area contributed by atoms with E-state index in [4.69, 9.17) is 4.74 Å². The number of nitrogens with zero attached hydrogens (tertiary/aromatic N) is 1. The van der Waals surface area contributed by atoms with Crippen molar-refractivity contribution < 1.29 is 9.53 Å². The van der Waals surface area contributed by atoms with Crippen LogP contribution in [0.4, 0.5) is 0 Å². The first kappa shape index (κ1) is 17.4. The summed E-state index contributed by atoms with van der Waals surface area (Å²) in [6.07, 6.45) is 1.03. The summed E-state index contributed by atoms with van der Waals surface area (Å²) in [7, 11) is 0. The number of fused-ring (bicyclic) bond motifs is 1. The molecule has 0 atom stereocenters. The molecule has 5 heteroatoms. The second-order valence-corrected chi connectivity index (χ2v) is 7.28. The van der Waals surface area contributed by atoms with Crippen LogP contribution in [0.15, 0.2) is 48.0 Å². The smallest absolute Gasteiger partial charge is 0.251 e. The minimum Gasteiger partial charge on any atom is -0.494 e. The largest absolute Gasteiger partial charge is 0.494 e. The highest BCUT2D eigenvalue weighted by Crippen LogP contribution is 2.19. The van der Waals surface area contributed by atoms with Crippen molar-refractivity contribution in [3.8, 4) is 5.75 Å². The summed E-state index contributed by atoms with van der Waals surface area (Å²) >= 11 is 1.54. The van der Waals surface area contributed by atoms with E-state index in [1.807, 2.05) is 42.5 Å². The molecule has 0 saturated heterocycles. The highest BCUT2D eigenvalue weighted by molar-refractivity contribution is 7.16. The second-order valence-electron chi connectivity index (χ2n) is 6.40. The van der Waals surface area contributed by atoms with Crippen molar-refractivity contribution in [1.82, 2.24) is 10.3 Å². The maximum Gasteiger partial charge on any atom is 0.251 e. The van der Waals surface area contributed by atoms with Gasteiger partial charge in [0.2, 0.25) is 0 Å². The van der Waals surface area contributed by atoms with Crippen molar-refractivity contribution in [2.24, 2.45) is 5.92 Å². The van der Waals surface area contributed by atoms with Gasteiger partial charge in [-0.15, -0.1) is 11.3 Å². The van der Waals surface area contributed by atoms with Gasteiger partial charge in [0.25, 0.3) is 5.91 Å². The lowest BCUT2D eigenvalue weighted by atomic mass is 10.1. The lowest BCUT2D eigenvalue weighted by Gasteiger charge is -2.10. The van der Waals surface area contributed by atoms with Crippen LogP contribution in [0.3, 0.4) is 0 Å². The van der Waals surface area contributed by atoms with E-state index in [0.717, 1.165) is 28.0 Å². The van der Waals surface area contributed by atoms with Crippen molar-refractivity contribution in [3.05, 3.63) is 59.1 Å². The Hall–Kier alpha value is -2.40. The Bertz CT molecular complexity index is 858. The van der Waals surface area contributed by atoms with Gasteiger partial charge in [0, 0.05) is 12.1 Å². The molecule has 4 nitrogen and oxygen atoms in total. The van der Waals surface area contributed by atoms with Crippen LogP contribution < -0.4 is 10.1 Å². The summed E-state index contributed by atoms with van der Waals surface area (Å²) < 4.78 is 6.79. The molecule has 0 saturated carbocycles. The van der Waals surface area contributed by atoms with Crippen LogP contribution in [-0.4, -0.2) is 17.5 Å². The fourth-order valence-electron chi connectivity index (χ4n) is 2.44. The highest BCUT2D eigenvalue weighted by atomic mass is 32.1. The Balaban J connectivity index is 1.58. The quantitative estimate of drug-likeness (QED) is 0.672. The molecule has 1 aromatic heterocycles. The van der Waals surface area contributed by atoms with Gasteiger partial charge in [-0.3, -0.25) is 4.79 Å². The standard InChI is InChI=1S/C20H22N2O2S/c1-14(2)8-9-24-17-5-3-4-15(10-17)12-21-20(23)16-6-7-18-19(11-16)25-13-22-18/h3-7,10-11,13-14H,8-9,12H2,1-2H3,(H,21,23). The first-order valence-electron chi connectivity index (χ1n) is 8.45. The molecule has 0 bridgehead atoms. The summed E-state index contributed by atoms with van der Waals surface area (Å²) in [5, 5.41) is 2.96. The zero-order valence-electron chi connectivity index (χ0n) is 14.5. The molecule has 1 N–H and O–H groups in total. The molecule has 3 rings (SSSR count). The molecule has 1 amide bonds. The fourth-order valence-corrected chi connectivity index (χ4v) is 3.15. The van der Waals surface area contributed by atoms with E-state index in [-0.39, 0.29) is 5.91 Å². The molecule has 0 fully saturated rings. The predicted octanol–water partition coefficient (Wildman–Crippen LogP) is 4.65. The van der Waals surface area contributed by atoms with E-state index in [2.05, 4.69) is 24.1 Å². The maximum absolute atomic E-state index is 12.4. The van der Waals surface area contributed by atoms with Gasteiger partial charge in [-0.25, -0.2) is 4.98 Å². The summed E-state index contributed by atoms with van der Waals surface area (Å²) in [5.74, 6) is 1.39. The zero-order chi connectivity index (χ0) is 17.6. The van der Waals surface area contributed by atoms with Gasteiger partial charge in [0.05, 0.1) is 22.3 Å². The monoisotopic (exact) mass is 354 g/mol. The van der Waals surface area contributed by atoms with E-state index in [0.29, 0.717) is 24.6 Å². The Kier molecular flexibility index (Phi) is 5.66. The SMILES string of the molecule is CC(C)CCOc1cccc(CNC(=O)c2ccc3ncsc3c2)c1. The molecular formula is C20H22N2O2S. The number of carbonyl (C=O) groups excluding carboxylic acids is 1. The third-order valence-electron chi connectivity index (χ3n) is 3.91. The second kappa shape index (κ2) is 8.12. The number of ether oxygens (including phenoxy) is 1. The van der Waals surface area contributed by atoms with Crippen molar-refractivity contribution in [3.63, 3.8) is 0 Å². The van der Waals surface area contributed by atoms with Gasteiger partial charge < -0.3 is 10.1 Å². The molecule has 0 aliphatic heterocycles. The van der Waals surface area contributed by atoms with E-state index >= 15 is 0 Å². The molecule has 0 radical (unpaired) electrons. The molecule has 0 spiro atoms. The van der Waals surface area contributed by atoms with Crippen LogP contribution in [0.25, 0.3) is 10.2 Å². The van der Waals surface area contributed by atoms with Gasteiger partial charge >= 0.3 is 0 Å². The fraction of sp³-hybridized carbons (Fsp3) is 0.300. The van der Waals surface area contributed by atoms with E-state index in [9.17, 15) is 4.79 Å². The third-order valence-corrected chi connectivity index (χ3v) is 4.70. The summed E-state index contributed by atoms with van der Waals surface area (Å²) in [6, 6.07) is 13.4. The molecule has 0 aliphatic rings. The number of amides is 1. The lowest BCUT2D eigenvalue weighted by Crippen LogP contribution is -2.22. The van der Waals surface area contributed by atoms with Crippen LogP contribution in [-0.2, 0) is 6.54 Å². The third kappa shape index (κ3) is 4.79. The minimum atomic E-state index is -0.0820. The molecule has 0 unspecified atom stereocenters. The van der Waals surface area contributed by atoms with E-state index < -0.39 is 0 Å². The van der Waals surface area contributed by atoms with E-state index in [1.165, 1.54) is 11.3 Å². The average Bonchev–Trinajstić information content (AvgIpc) is 3.07. The highest BCUT2D eigenvalue weighted by Gasteiger charge is 2.08. The molecular weight excluding hydrogens is 332 g/mol. The van der Waals surface area contributed by atoms with Gasteiger partial charge in [0.1, 0.15) is 5.75 Å². The Labute approximate surface area is 151 Å². The number of aromatic nitrogens is 1. The molecule has 3 aromatic rings. The Morgan fingerprint density at radius 1 is 1.24 bits per heavy atom. The molecule has 2 aromatic carbocycles. The van der Waals surface area contributed by atoms with Crippen LogP contribution >= 0.6 is 11.3 Å². The van der Waals surface area contributed by atoms with E-state index in [1.54, 1.807) is 5.51 Å². The van der Waals surface area contributed by atoms with Crippen molar-refractivity contribution in [2.75, 3.05) is 6.61 Å². The van der Waals surface area contributed by atoms with Gasteiger partial charge in [-0.05, 0) is 48.2 Å². The van der Waals surface area contributed by atoms with Crippen molar-refractivity contribution >= 4 is 27.5 Å². The number of benzene rings is 2. The number of carbonyl (C=O) groups is 1. The number of hydrogen-bond acceptors (Lipinski definition) is 4. The number of hydrogen-bond donors (Lipinski definition) is 1. The van der Waals surface area contributed by atoms with Crippen LogP contribution in [0, 0.1) is 5.92 Å². The minimum absolute atomic E-state index is 0.0820. The maximum atomic E-state index is 12.4. The first-order chi connectivity index (χ1) is 12.1. The van der Waals surface area contributed by atoms with Crippen LogP contribution in [0.5, 0.6) is 5.75 Å². The molecule has 0 aliphatic carbocycles. The summed E-state index contributed by atoms with van der Waals surface area (Å²) in [6.45, 7) is 5.54. The Morgan fingerprint density at radius 2 is 2.12 bits per heavy atom. The van der Waals surface area contributed by atoms with Gasteiger partial charge in [-0.2, -0.15) is 0 Å².